The number of carbonyl (C=O) groups excluding carboxylic acids is 1. The van der Waals surface area contributed by atoms with Crippen LogP contribution < -0.4 is 4.90 Å². The van der Waals surface area contributed by atoms with Crippen molar-refractivity contribution in [3.63, 3.8) is 0 Å². The topological polar surface area (TPSA) is 88.8 Å². The van der Waals surface area contributed by atoms with Crippen LogP contribution in [0.1, 0.15) is 12.8 Å². The number of aromatic nitrogens is 1. The van der Waals surface area contributed by atoms with Crippen molar-refractivity contribution in [2.45, 2.75) is 12.8 Å². The molecule has 0 bridgehead atoms. The summed E-state index contributed by atoms with van der Waals surface area (Å²) in [5, 5.41) is 11.8. The highest BCUT2D eigenvalue weighted by molar-refractivity contribution is 5.97. The number of morpholine rings is 1. The fourth-order valence-corrected chi connectivity index (χ4v) is 3.97. The zero-order chi connectivity index (χ0) is 18.8. The standard InChI is InChI=1S/C19H22N4O4/c24-19(22-10-12-27-13-11-22)14-5-8-21(9-6-14)17-4-3-16(23(25)26)15-2-1-7-20-18(15)17/h1-4,7,14H,5-6,8-13H2. The SMILES string of the molecule is O=C(C1CCN(c2ccc([N+](=O)[O-])c3cccnc23)CC1)N1CCOCC1. The van der Waals surface area contributed by atoms with Crippen LogP contribution in [0.15, 0.2) is 30.5 Å². The summed E-state index contributed by atoms with van der Waals surface area (Å²) in [5.74, 6) is 0.265. The average molecular weight is 370 g/mol. The van der Waals surface area contributed by atoms with E-state index in [1.165, 1.54) is 0 Å². The number of benzene rings is 1. The summed E-state index contributed by atoms with van der Waals surface area (Å²) in [6.07, 6.45) is 3.22. The Morgan fingerprint density at radius 1 is 1.15 bits per heavy atom. The predicted molar refractivity (Wildman–Crippen MR) is 101 cm³/mol. The first-order valence-corrected chi connectivity index (χ1v) is 9.29. The normalized spacial score (nSPS) is 18.7. The van der Waals surface area contributed by atoms with Gasteiger partial charge < -0.3 is 14.5 Å². The van der Waals surface area contributed by atoms with E-state index < -0.39 is 0 Å². The van der Waals surface area contributed by atoms with Crippen LogP contribution in [0, 0.1) is 16.0 Å². The Bertz CT molecular complexity index is 858. The van der Waals surface area contributed by atoms with Crippen LogP contribution in [-0.2, 0) is 9.53 Å². The number of ether oxygens (including phenoxy) is 1. The van der Waals surface area contributed by atoms with Crippen LogP contribution >= 0.6 is 0 Å². The third-order valence-corrected chi connectivity index (χ3v) is 5.43. The van der Waals surface area contributed by atoms with Gasteiger partial charge in [-0.15, -0.1) is 0 Å². The average Bonchev–Trinajstić information content (AvgIpc) is 2.73. The maximum absolute atomic E-state index is 12.7. The summed E-state index contributed by atoms with van der Waals surface area (Å²) in [6.45, 7) is 4.07. The van der Waals surface area contributed by atoms with Crippen molar-refractivity contribution in [2.24, 2.45) is 5.92 Å². The maximum Gasteiger partial charge on any atom is 0.278 e. The van der Waals surface area contributed by atoms with Gasteiger partial charge in [-0.2, -0.15) is 0 Å². The number of non-ortho nitro benzene ring substituents is 1. The molecule has 8 nitrogen and oxygen atoms in total. The van der Waals surface area contributed by atoms with Crippen LogP contribution in [0.4, 0.5) is 11.4 Å². The van der Waals surface area contributed by atoms with Gasteiger partial charge in [0.05, 0.1) is 29.2 Å². The molecule has 2 aromatic rings. The molecule has 0 atom stereocenters. The Labute approximate surface area is 156 Å². The Hall–Kier alpha value is -2.74. The zero-order valence-corrected chi connectivity index (χ0v) is 15.0. The summed E-state index contributed by atoms with van der Waals surface area (Å²) in [5.41, 5.74) is 1.61. The van der Waals surface area contributed by atoms with Crippen LogP contribution in [0.3, 0.4) is 0 Å². The molecule has 2 saturated heterocycles. The molecule has 8 heteroatoms. The van der Waals surface area contributed by atoms with Crippen LogP contribution in [0.2, 0.25) is 0 Å². The number of hydrogen-bond donors (Lipinski definition) is 0. The number of nitro groups is 1. The smallest absolute Gasteiger partial charge is 0.278 e. The third kappa shape index (κ3) is 3.44. The number of rotatable bonds is 3. The third-order valence-electron chi connectivity index (χ3n) is 5.43. The molecule has 0 aliphatic carbocycles. The fourth-order valence-electron chi connectivity index (χ4n) is 3.97. The van der Waals surface area contributed by atoms with E-state index in [9.17, 15) is 14.9 Å². The monoisotopic (exact) mass is 370 g/mol. The Morgan fingerprint density at radius 3 is 2.59 bits per heavy atom. The minimum atomic E-state index is -0.374. The number of carbonyl (C=O) groups is 1. The molecule has 2 aliphatic heterocycles. The molecule has 0 N–H and O–H groups in total. The highest BCUT2D eigenvalue weighted by Crippen LogP contribution is 2.34. The Balaban J connectivity index is 1.51. The number of piperidine rings is 1. The van der Waals surface area contributed by atoms with Crippen LogP contribution in [-0.4, -0.2) is 60.1 Å². The van der Waals surface area contributed by atoms with E-state index in [2.05, 4.69) is 9.88 Å². The molecule has 1 amide bonds. The van der Waals surface area contributed by atoms with Gasteiger partial charge in [0.2, 0.25) is 5.91 Å². The largest absolute Gasteiger partial charge is 0.378 e. The molecule has 0 radical (unpaired) electrons. The number of amides is 1. The fraction of sp³-hybridized carbons (Fsp3) is 0.474. The van der Waals surface area contributed by atoms with Gasteiger partial charge in [0, 0.05) is 44.4 Å². The maximum atomic E-state index is 12.7. The first-order valence-electron chi connectivity index (χ1n) is 9.29. The van der Waals surface area contributed by atoms with Gasteiger partial charge in [-0.1, -0.05) is 0 Å². The van der Waals surface area contributed by atoms with Crippen molar-refractivity contribution in [1.29, 1.82) is 0 Å². The number of fused-ring (bicyclic) bond motifs is 1. The van der Waals surface area contributed by atoms with E-state index >= 15 is 0 Å². The highest BCUT2D eigenvalue weighted by Gasteiger charge is 2.30. The van der Waals surface area contributed by atoms with E-state index in [0.29, 0.717) is 37.2 Å². The molecule has 2 fully saturated rings. The highest BCUT2D eigenvalue weighted by atomic mass is 16.6. The lowest BCUT2D eigenvalue weighted by Crippen LogP contribution is -2.46. The molecular formula is C19H22N4O4. The van der Waals surface area contributed by atoms with Gasteiger partial charge in [0.1, 0.15) is 5.52 Å². The van der Waals surface area contributed by atoms with Crippen molar-refractivity contribution < 1.29 is 14.5 Å². The summed E-state index contributed by atoms with van der Waals surface area (Å²) >= 11 is 0. The second-order valence-corrected chi connectivity index (χ2v) is 6.96. The molecule has 4 rings (SSSR count). The lowest BCUT2D eigenvalue weighted by molar-refractivity contribution is -0.383. The predicted octanol–water partition coefficient (Wildman–Crippen LogP) is 2.22. The Kier molecular flexibility index (Phi) is 4.89. The number of hydrogen-bond acceptors (Lipinski definition) is 6. The number of pyridine rings is 1. The van der Waals surface area contributed by atoms with Gasteiger partial charge >= 0.3 is 0 Å². The summed E-state index contributed by atoms with van der Waals surface area (Å²) in [4.78, 5) is 32.1. The molecule has 0 unspecified atom stereocenters. The Morgan fingerprint density at radius 2 is 1.89 bits per heavy atom. The van der Waals surface area contributed by atoms with Crippen molar-refractivity contribution >= 4 is 28.2 Å². The molecule has 1 aromatic carbocycles. The van der Waals surface area contributed by atoms with Crippen LogP contribution in [0.5, 0.6) is 0 Å². The molecule has 2 aliphatic rings. The molecule has 0 spiro atoms. The van der Waals surface area contributed by atoms with Gasteiger partial charge in [-0.25, -0.2) is 0 Å². The van der Waals surface area contributed by atoms with Gasteiger partial charge in [-0.3, -0.25) is 19.9 Å². The van der Waals surface area contributed by atoms with E-state index in [4.69, 9.17) is 4.74 Å². The second-order valence-electron chi connectivity index (χ2n) is 6.96. The second kappa shape index (κ2) is 7.48. The molecule has 142 valence electrons. The molecule has 1 aromatic heterocycles. The van der Waals surface area contributed by atoms with E-state index in [1.807, 2.05) is 4.90 Å². The number of nitrogens with zero attached hydrogens (tertiary/aromatic N) is 4. The summed E-state index contributed by atoms with van der Waals surface area (Å²) in [6, 6.07) is 6.77. The van der Waals surface area contributed by atoms with E-state index in [-0.39, 0.29) is 22.4 Å². The lowest BCUT2D eigenvalue weighted by Gasteiger charge is -2.36. The van der Waals surface area contributed by atoms with Gasteiger partial charge in [0.15, 0.2) is 0 Å². The number of nitro benzene ring substituents is 1. The van der Waals surface area contributed by atoms with E-state index in [1.54, 1.807) is 30.5 Å². The molecule has 27 heavy (non-hydrogen) atoms. The van der Waals surface area contributed by atoms with Crippen molar-refractivity contribution in [3.8, 4) is 0 Å². The first kappa shape index (κ1) is 17.7. The summed E-state index contributed by atoms with van der Waals surface area (Å²) < 4.78 is 5.32. The quantitative estimate of drug-likeness (QED) is 0.608. The van der Waals surface area contributed by atoms with Crippen molar-refractivity contribution in [1.82, 2.24) is 9.88 Å². The van der Waals surface area contributed by atoms with Gasteiger partial charge in [-0.05, 0) is 31.0 Å². The molecular weight excluding hydrogens is 348 g/mol. The lowest BCUT2D eigenvalue weighted by atomic mass is 9.94. The molecule has 0 saturated carbocycles. The van der Waals surface area contributed by atoms with E-state index in [0.717, 1.165) is 31.6 Å². The minimum absolute atomic E-state index is 0.0385. The zero-order valence-electron chi connectivity index (χ0n) is 15.0. The minimum Gasteiger partial charge on any atom is -0.378 e. The van der Waals surface area contributed by atoms with Crippen molar-refractivity contribution in [2.75, 3.05) is 44.3 Å². The summed E-state index contributed by atoms with van der Waals surface area (Å²) in [7, 11) is 0. The van der Waals surface area contributed by atoms with Crippen LogP contribution in [0.25, 0.3) is 10.9 Å². The van der Waals surface area contributed by atoms with Gasteiger partial charge in [0.25, 0.3) is 5.69 Å². The number of anilines is 1. The first-order chi connectivity index (χ1) is 13.1. The van der Waals surface area contributed by atoms with Crippen molar-refractivity contribution in [3.05, 3.63) is 40.6 Å². The molecule has 3 heterocycles.